The summed E-state index contributed by atoms with van der Waals surface area (Å²) >= 11 is 0. The van der Waals surface area contributed by atoms with E-state index < -0.39 is 11.9 Å². The zero-order valence-electron chi connectivity index (χ0n) is 15.1. The first-order valence-electron chi connectivity index (χ1n) is 10.2. The van der Waals surface area contributed by atoms with Gasteiger partial charge in [0.2, 0.25) is 5.91 Å². The Morgan fingerprint density at radius 3 is 1.54 bits per heavy atom. The third-order valence-corrected chi connectivity index (χ3v) is 5.87. The summed E-state index contributed by atoms with van der Waals surface area (Å²) in [5.74, 6) is -1.60. The van der Waals surface area contributed by atoms with Crippen LogP contribution in [-0.2, 0) is 9.59 Å². The zero-order valence-corrected chi connectivity index (χ0v) is 15.1. The van der Waals surface area contributed by atoms with Crippen LogP contribution >= 0.6 is 0 Å². The number of carbonyl (C=O) groups is 2. The largest absolute Gasteiger partial charge is 0.481 e. The smallest absolute Gasteiger partial charge is 0.307 e. The van der Waals surface area contributed by atoms with Gasteiger partial charge < -0.3 is 10.4 Å². The molecular formula is C20H35NO3. The van der Waals surface area contributed by atoms with Crippen molar-refractivity contribution in [3.05, 3.63) is 0 Å². The third-order valence-electron chi connectivity index (χ3n) is 5.87. The molecule has 0 saturated heterocycles. The van der Waals surface area contributed by atoms with E-state index in [0.717, 1.165) is 32.1 Å². The number of nitrogens with one attached hydrogen (secondary N) is 1. The van der Waals surface area contributed by atoms with Gasteiger partial charge in [0.25, 0.3) is 0 Å². The van der Waals surface area contributed by atoms with Crippen LogP contribution in [0.5, 0.6) is 0 Å². The lowest BCUT2D eigenvalue weighted by Gasteiger charge is -2.29. The molecule has 0 aromatic carbocycles. The third kappa shape index (κ3) is 6.45. The summed E-state index contributed by atoms with van der Waals surface area (Å²) in [5.41, 5.74) is 0. The first-order chi connectivity index (χ1) is 11.7. The second kappa shape index (κ2) is 10.7. The monoisotopic (exact) mass is 337 g/mol. The highest BCUT2D eigenvalue weighted by Gasteiger charge is 2.36. The predicted molar refractivity (Wildman–Crippen MR) is 95.8 cm³/mol. The Bertz CT molecular complexity index is 384. The van der Waals surface area contributed by atoms with Gasteiger partial charge in [0.05, 0.1) is 11.8 Å². The second-order valence-electron chi connectivity index (χ2n) is 7.80. The molecule has 0 aromatic heterocycles. The van der Waals surface area contributed by atoms with Crippen LogP contribution in [0.15, 0.2) is 0 Å². The van der Waals surface area contributed by atoms with Crippen LogP contribution in [0, 0.1) is 11.8 Å². The Kier molecular flexibility index (Phi) is 8.62. The van der Waals surface area contributed by atoms with Crippen LogP contribution in [0.4, 0.5) is 0 Å². The fourth-order valence-corrected chi connectivity index (χ4v) is 4.36. The topological polar surface area (TPSA) is 66.4 Å². The van der Waals surface area contributed by atoms with Crippen molar-refractivity contribution in [2.45, 2.75) is 102 Å². The normalized spacial score (nSPS) is 28.3. The molecule has 2 rings (SSSR count). The number of amides is 1. The molecule has 0 unspecified atom stereocenters. The fraction of sp³-hybridized carbons (Fsp3) is 0.900. The zero-order chi connectivity index (χ0) is 17.2. The standard InChI is InChI=1S/C20H35NO3/c22-19(17-14-10-11-15-18(17)20(23)24)21-16-12-8-6-4-2-1-3-5-7-9-13-16/h16-18H,1-15H2,(H,21,22)(H,23,24)/t17-,18-/m1/s1. The first kappa shape index (κ1) is 19.3. The minimum Gasteiger partial charge on any atom is -0.481 e. The number of hydrogen-bond donors (Lipinski definition) is 2. The van der Waals surface area contributed by atoms with Gasteiger partial charge in [0.1, 0.15) is 0 Å². The highest BCUT2D eigenvalue weighted by atomic mass is 16.4. The molecule has 0 aromatic rings. The van der Waals surface area contributed by atoms with Crippen LogP contribution in [-0.4, -0.2) is 23.0 Å². The van der Waals surface area contributed by atoms with Gasteiger partial charge in [-0.05, 0) is 25.7 Å². The van der Waals surface area contributed by atoms with Gasteiger partial charge in [-0.2, -0.15) is 0 Å². The molecule has 1 amide bonds. The van der Waals surface area contributed by atoms with E-state index >= 15 is 0 Å². The molecule has 24 heavy (non-hydrogen) atoms. The van der Waals surface area contributed by atoms with Gasteiger partial charge in [-0.25, -0.2) is 0 Å². The minimum absolute atomic E-state index is 0.000746. The van der Waals surface area contributed by atoms with Crippen LogP contribution in [0.2, 0.25) is 0 Å². The molecular weight excluding hydrogens is 302 g/mol. The summed E-state index contributed by atoms with van der Waals surface area (Å²) in [7, 11) is 0. The van der Waals surface area contributed by atoms with E-state index in [0.29, 0.717) is 6.42 Å². The quantitative estimate of drug-likeness (QED) is 0.786. The van der Waals surface area contributed by atoms with E-state index in [1.165, 1.54) is 57.8 Å². The number of carboxylic acids is 1. The van der Waals surface area contributed by atoms with E-state index in [2.05, 4.69) is 5.32 Å². The van der Waals surface area contributed by atoms with Crippen molar-refractivity contribution in [1.82, 2.24) is 5.32 Å². The van der Waals surface area contributed by atoms with Crippen molar-refractivity contribution in [1.29, 1.82) is 0 Å². The number of aliphatic carboxylic acids is 1. The summed E-state index contributed by atoms with van der Waals surface area (Å²) < 4.78 is 0. The summed E-state index contributed by atoms with van der Waals surface area (Å²) in [6, 6.07) is 0.244. The van der Waals surface area contributed by atoms with Crippen LogP contribution < -0.4 is 5.32 Å². The molecule has 0 heterocycles. The fourth-order valence-electron chi connectivity index (χ4n) is 4.36. The highest BCUT2D eigenvalue weighted by Crippen LogP contribution is 2.31. The first-order valence-corrected chi connectivity index (χ1v) is 10.2. The van der Waals surface area contributed by atoms with Gasteiger partial charge in [-0.15, -0.1) is 0 Å². The van der Waals surface area contributed by atoms with E-state index in [1.54, 1.807) is 0 Å². The summed E-state index contributed by atoms with van der Waals surface area (Å²) in [4.78, 5) is 24.1. The molecule has 2 N–H and O–H groups in total. The van der Waals surface area contributed by atoms with Crippen molar-refractivity contribution in [2.75, 3.05) is 0 Å². The van der Waals surface area contributed by atoms with Gasteiger partial charge >= 0.3 is 5.97 Å². The number of carboxylic acid groups (broad SMARTS) is 1. The summed E-state index contributed by atoms with van der Waals surface area (Å²) in [5, 5.41) is 12.6. The lowest BCUT2D eigenvalue weighted by molar-refractivity contribution is -0.149. The lowest BCUT2D eigenvalue weighted by Crippen LogP contribution is -2.44. The molecule has 0 radical (unpaired) electrons. The number of carbonyl (C=O) groups excluding carboxylic acids is 1. The Labute approximate surface area is 146 Å². The SMILES string of the molecule is O=C(O)[C@@H]1CCCC[C@H]1C(=O)NC1CCCCCCCCCCC1. The Morgan fingerprint density at radius 2 is 1.04 bits per heavy atom. The molecule has 2 atom stereocenters. The molecule has 2 saturated carbocycles. The van der Waals surface area contributed by atoms with Gasteiger partial charge in [-0.3, -0.25) is 9.59 Å². The van der Waals surface area contributed by atoms with Crippen molar-refractivity contribution in [3.8, 4) is 0 Å². The molecule has 2 fully saturated rings. The average molecular weight is 338 g/mol. The molecule has 0 aliphatic heterocycles. The van der Waals surface area contributed by atoms with Crippen molar-refractivity contribution >= 4 is 11.9 Å². The van der Waals surface area contributed by atoms with Crippen LogP contribution in [0.1, 0.15) is 96.3 Å². The maximum absolute atomic E-state index is 12.7. The Balaban J connectivity index is 1.87. The summed E-state index contributed by atoms with van der Waals surface area (Å²) in [6.45, 7) is 0. The van der Waals surface area contributed by atoms with Crippen LogP contribution in [0.3, 0.4) is 0 Å². The summed E-state index contributed by atoms with van der Waals surface area (Å²) in [6.07, 6.45) is 17.0. The average Bonchev–Trinajstić information content (AvgIpc) is 2.57. The predicted octanol–water partition coefficient (Wildman–Crippen LogP) is 4.67. The Morgan fingerprint density at radius 1 is 0.625 bits per heavy atom. The van der Waals surface area contributed by atoms with Crippen LogP contribution in [0.25, 0.3) is 0 Å². The maximum atomic E-state index is 12.7. The van der Waals surface area contributed by atoms with E-state index in [1.807, 2.05) is 0 Å². The molecule has 2 aliphatic rings. The molecule has 0 bridgehead atoms. The molecule has 2 aliphatic carbocycles. The van der Waals surface area contributed by atoms with E-state index in [-0.39, 0.29) is 17.9 Å². The molecule has 4 nitrogen and oxygen atoms in total. The van der Waals surface area contributed by atoms with E-state index in [9.17, 15) is 14.7 Å². The minimum atomic E-state index is -0.798. The van der Waals surface area contributed by atoms with Gasteiger partial charge in [0, 0.05) is 6.04 Å². The Hall–Kier alpha value is -1.06. The molecule has 138 valence electrons. The molecule has 0 spiro atoms. The van der Waals surface area contributed by atoms with Gasteiger partial charge in [0.15, 0.2) is 0 Å². The lowest BCUT2D eigenvalue weighted by atomic mass is 9.78. The van der Waals surface area contributed by atoms with E-state index in [4.69, 9.17) is 0 Å². The van der Waals surface area contributed by atoms with Crippen molar-refractivity contribution in [2.24, 2.45) is 11.8 Å². The highest BCUT2D eigenvalue weighted by molar-refractivity contribution is 5.85. The van der Waals surface area contributed by atoms with Crippen molar-refractivity contribution < 1.29 is 14.7 Å². The van der Waals surface area contributed by atoms with Crippen molar-refractivity contribution in [3.63, 3.8) is 0 Å². The number of rotatable bonds is 3. The second-order valence-corrected chi connectivity index (χ2v) is 7.80. The van der Waals surface area contributed by atoms with Gasteiger partial charge in [-0.1, -0.05) is 70.6 Å². The molecule has 4 heteroatoms. The maximum Gasteiger partial charge on any atom is 0.307 e. The number of hydrogen-bond acceptors (Lipinski definition) is 2.